The average molecular weight is 325 g/mol. The number of halogens is 3. The van der Waals surface area contributed by atoms with Gasteiger partial charge in [-0.1, -0.05) is 26.0 Å². The Bertz CT molecular complexity index is 681. The summed E-state index contributed by atoms with van der Waals surface area (Å²) in [6.07, 6.45) is -3.06. The van der Waals surface area contributed by atoms with E-state index < -0.39 is 28.5 Å². The lowest BCUT2D eigenvalue weighted by atomic mass is 9.68. The molecule has 2 unspecified atom stereocenters. The number of amides is 1. The molecule has 1 amide bonds. The molecule has 0 saturated heterocycles. The van der Waals surface area contributed by atoms with Gasteiger partial charge in [-0.15, -0.1) is 0 Å². The van der Waals surface area contributed by atoms with Gasteiger partial charge in [0.2, 0.25) is 5.91 Å². The Morgan fingerprint density at radius 2 is 1.91 bits per heavy atom. The molecule has 2 bridgehead atoms. The molecule has 2 saturated carbocycles. The van der Waals surface area contributed by atoms with Gasteiger partial charge in [-0.2, -0.15) is 13.2 Å². The maximum Gasteiger partial charge on any atom is 0.418 e. The summed E-state index contributed by atoms with van der Waals surface area (Å²) in [6.45, 7) is 3.73. The van der Waals surface area contributed by atoms with Crippen molar-refractivity contribution in [2.75, 3.05) is 5.32 Å². The van der Waals surface area contributed by atoms with E-state index in [0.717, 1.165) is 12.5 Å². The van der Waals surface area contributed by atoms with Gasteiger partial charge < -0.3 is 5.32 Å². The zero-order chi connectivity index (χ0) is 17.0. The molecule has 2 aliphatic rings. The summed E-state index contributed by atoms with van der Waals surface area (Å²) in [5.41, 5.74) is -2.93. The fraction of sp³-hybridized carbons (Fsp3) is 0.529. The highest BCUT2D eigenvalue weighted by Gasteiger charge is 2.68. The largest absolute Gasteiger partial charge is 0.418 e. The number of hydrogen-bond donors (Lipinski definition) is 1. The number of Topliss-reactive ketones (excluding diaryl/α,β-unsaturated/α-hetero) is 1. The second-order valence-electron chi connectivity index (χ2n) is 6.99. The predicted octanol–water partition coefficient (Wildman–Crippen LogP) is 4.04. The molecule has 1 aromatic rings. The van der Waals surface area contributed by atoms with Crippen molar-refractivity contribution in [1.29, 1.82) is 0 Å². The molecule has 2 aliphatic carbocycles. The van der Waals surface area contributed by atoms with Crippen LogP contribution in [0.15, 0.2) is 24.3 Å². The number of anilines is 1. The molecule has 0 heterocycles. The van der Waals surface area contributed by atoms with Gasteiger partial charge in [0.15, 0.2) is 0 Å². The third kappa shape index (κ3) is 2.11. The fourth-order valence-electron chi connectivity index (χ4n) is 4.28. The first-order chi connectivity index (χ1) is 10.6. The molecule has 1 aromatic carbocycles. The topological polar surface area (TPSA) is 46.2 Å². The molecule has 0 spiro atoms. The molecule has 2 fully saturated rings. The highest BCUT2D eigenvalue weighted by atomic mass is 19.4. The molecule has 0 aliphatic heterocycles. The van der Waals surface area contributed by atoms with Crippen LogP contribution >= 0.6 is 0 Å². The lowest BCUT2D eigenvalue weighted by Gasteiger charge is -2.35. The maximum absolute atomic E-state index is 13.1. The molecule has 2 atom stereocenters. The van der Waals surface area contributed by atoms with Crippen LogP contribution in [0.3, 0.4) is 0 Å². The van der Waals surface area contributed by atoms with E-state index in [-0.39, 0.29) is 17.4 Å². The van der Waals surface area contributed by atoms with Crippen molar-refractivity contribution >= 4 is 17.4 Å². The Labute approximate surface area is 132 Å². The summed E-state index contributed by atoms with van der Waals surface area (Å²) in [4.78, 5) is 25.2. The van der Waals surface area contributed by atoms with Crippen molar-refractivity contribution in [2.45, 2.75) is 39.3 Å². The van der Waals surface area contributed by atoms with Crippen molar-refractivity contribution in [3.8, 4) is 0 Å². The minimum absolute atomic E-state index is 0.124. The van der Waals surface area contributed by atoms with Crippen LogP contribution in [0.25, 0.3) is 0 Å². The number of carbonyl (C=O) groups is 2. The maximum atomic E-state index is 13.1. The van der Waals surface area contributed by atoms with Crippen LogP contribution in [0.4, 0.5) is 18.9 Å². The fourth-order valence-corrected chi connectivity index (χ4v) is 4.28. The van der Waals surface area contributed by atoms with Gasteiger partial charge in [0.1, 0.15) is 11.2 Å². The van der Waals surface area contributed by atoms with E-state index >= 15 is 0 Å². The third-order valence-electron chi connectivity index (χ3n) is 5.76. The van der Waals surface area contributed by atoms with Crippen molar-refractivity contribution in [3.63, 3.8) is 0 Å². The lowest BCUT2D eigenvalue weighted by molar-refractivity contribution is -0.141. The summed E-state index contributed by atoms with van der Waals surface area (Å²) in [5.74, 6) is -0.636. The molecular weight excluding hydrogens is 307 g/mol. The number of hydrogen-bond acceptors (Lipinski definition) is 2. The Balaban J connectivity index is 1.96. The number of alkyl halides is 3. The highest BCUT2D eigenvalue weighted by Crippen LogP contribution is 2.64. The molecule has 23 heavy (non-hydrogen) atoms. The molecule has 124 valence electrons. The summed E-state index contributed by atoms with van der Waals surface area (Å²) < 4.78 is 39.2. The smallest absolute Gasteiger partial charge is 0.325 e. The van der Waals surface area contributed by atoms with Gasteiger partial charge in [-0.25, -0.2) is 0 Å². The Morgan fingerprint density at radius 1 is 1.26 bits per heavy atom. The van der Waals surface area contributed by atoms with Crippen LogP contribution in [0.1, 0.15) is 38.7 Å². The predicted molar refractivity (Wildman–Crippen MR) is 78.6 cm³/mol. The molecule has 0 aromatic heterocycles. The number of para-hydroxylation sites is 1. The Kier molecular flexibility index (Phi) is 3.36. The zero-order valence-electron chi connectivity index (χ0n) is 13.0. The number of nitrogens with one attached hydrogen (secondary N) is 1. The minimum Gasteiger partial charge on any atom is -0.325 e. The van der Waals surface area contributed by atoms with E-state index in [9.17, 15) is 22.8 Å². The van der Waals surface area contributed by atoms with Gasteiger partial charge >= 0.3 is 6.18 Å². The number of rotatable bonds is 2. The standard InChI is InChI=1S/C17H18F3NO2/c1-15(2)10-7-8-16(15,13(22)9-10)14(23)21-12-6-4-3-5-11(12)17(18,19)20/h3-6,10H,7-9H2,1-2H3,(H,21,23). The summed E-state index contributed by atoms with van der Waals surface area (Å²) in [6, 6.07) is 4.84. The van der Waals surface area contributed by atoms with Crippen molar-refractivity contribution < 1.29 is 22.8 Å². The van der Waals surface area contributed by atoms with E-state index in [2.05, 4.69) is 5.32 Å². The molecular formula is C17H18F3NO2. The van der Waals surface area contributed by atoms with Gasteiger partial charge in [0, 0.05) is 6.42 Å². The van der Waals surface area contributed by atoms with Crippen molar-refractivity contribution in [2.24, 2.45) is 16.7 Å². The van der Waals surface area contributed by atoms with Gasteiger partial charge in [-0.3, -0.25) is 9.59 Å². The molecule has 6 heteroatoms. The van der Waals surface area contributed by atoms with Gasteiger partial charge in [0.05, 0.1) is 11.3 Å². The Hall–Kier alpha value is -1.85. The average Bonchev–Trinajstić information content (AvgIpc) is 2.81. The first-order valence-electron chi connectivity index (χ1n) is 7.61. The van der Waals surface area contributed by atoms with E-state index in [1.165, 1.54) is 18.2 Å². The van der Waals surface area contributed by atoms with Crippen LogP contribution in [0.5, 0.6) is 0 Å². The second kappa shape index (κ2) is 4.82. The first kappa shape index (κ1) is 16.0. The second-order valence-corrected chi connectivity index (χ2v) is 6.99. The van der Waals surface area contributed by atoms with Gasteiger partial charge in [0.25, 0.3) is 0 Å². The number of carbonyl (C=O) groups excluding carboxylic acids is 2. The number of fused-ring (bicyclic) bond motifs is 2. The van der Waals surface area contributed by atoms with Crippen LogP contribution < -0.4 is 5.32 Å². The number of ketones is 1. The quantitative estimate of drug-likeness (QED) is 0.834. The third-order valence-corrected chi connectivity index (χ3v) is 5.76. The van der Waals surface area contributed by atoms with E-state index in [1.54, 1.807) is 0 Å². The molecule has 3 nitrogen and oxygen atoms in total. The summed E-state index contributed by atoms with van der Waals surface area (Å²) >= 11 is 0. The van der Waals surface area contributed by atoms with Crippen LogP contribution in [0, 0.1) is 16.7 Å². The van der Waals surface area contributed by atoms with Crippen molar-refractivity contribution in [1.82, 2.24) is 0 Å². The van der Waals surface area contributed by atoms with E-state index in [1.807, 2.05) is 13.8 Å². The summed E-state index contributed by atoms with van der Waals surface area (Å²) in [7, 11) is 0. The van der Waals surface area contributed by atoms with Gasteiger partial charge in [-0.05, 0) is 36.3 Å². The van der Waals surface area contributed by atoms with E-state index in [0.29, 0.717) is 12.8 Å². The Morgan fingerprint density at radius 3 is 2.43 bits per heavy atom. The monoisotopic (exact) mass is 325 g/mol. The van der Waals surface area contributed by atoms with Crippen LogP contribution in [-0.2, 0) is 15.8 Å². The minimum atomic E-state index is -4.56. The first-order valence-corrected chi connectivity index (χ1v) is 7.61. The van der Waals surface area contributed by atoms with Crippen LogP contribution in [0.2, 0.25) is 0 Å². The number of benzene rings is 1. The molecule has 1 N–H and O–H groups in total. The molecule has 3 rings (SSSR count). The highest BCUT2D eigenvalue weighted by molar-refractivity contribution is 6.14. The molecule has 0 radical (unpaired) electrons. The SMILES string of the molecule is CC1(C)C2CCC1(C(=O)Nc1ccccc1C(F)(F)F)C(=O)C2. The lowest BCUT2D eigenvalue weighted by Crippen LogP contribution is -2.46. The zero-order valence-corrected chi connectivity index (χ0v) is 13.0. The normalized spacial score (nSPS) is 28.9. The summed E-state index contributed by atoms with van der Waals surface area (Å²) in [5, 5.41) is 2.38. The van der Waals surface area contributed by atoms with Crippen LogP contribution in [-0.4, -0.2) is 11.7 Å². The van der Waals surface area contributed by atoms with Crippen molar-refractivity contribution in [3.05, 3.63) is 29.8 Å². The van der Waals surface area contributed by atoms with E-state index in [4.69, 9.17) is 0 Å².